The van der Waals surface area contributed by atoms with Gasteiger partial charge in [0, 0.05) is 12.5 Å². The molecule has 4 N–H and O–H groups in total. The molecule has 1 atom stereocenters. The van der Waals surface area contributed by atoms with Crippen LogP contribution in [0.15, 0.2) is 54.6 Å². The molecule has 0 aromatic heterocycles. The van der Waals surface area contributed by atoms with Crippen LogP contribution >= 0.6 is 0 Å². The molecule has 0 aliphatic carbocycles. The molecular formula is C15H16N2O. The second kappa shape index (κ2) is 5.47. The van der Waals surface area contributed by atoms with Gasteiger partial charge in [0.05, 0.1) is 0 Å². The van der Waals surface area contributed by atoms with E-state index in [1.807, 2.05) is 42.5 Å². The zero-order valence-corrected chi connectivity index (χ0v) is 10.0. The maximum atomic E-state index is 10.8. The molecular weight excluding hydrogens is 224 g/mol. The number of amides is 1. The van der Waals surface area contributed by atoms with E-state index in [2.05, 4.69) is 12.1 Å². The van der Waals surface area contributed by atoms with Gasteiger partial charge in [-0.2, -0.15) is 0 Å². The van der Waals surface area contributed by atoms with Gasteiger partial charge in [-0.05, 0) is 16.7 Å². The maximum Gasteiger partial charge on any atom is 0.219 e. The van der Waals surface area contributed by atoms with Crippen LogP contribution in [0.4, 0.5) is 0 Å². The average molecular weight is 240 g/mol. The van der Waals surface area contributed by atoms with Crippen molar-refractivity contribution in [1.29, 1.82) is 0 Å². The summed E-state index contributed by atoms with van der Waals surface area (Å²) in [6.45, 7) is 0. The van der Waals surface area contributed by atoms with Gasteiger partial charge in [0.15, 0.2) is 0 Å². The Morgan fingerprint density at radius 3 is 2.06 bits per heavy atom. The van der Waals surface area contributed by atoms with Gasteiger partial charge in [0.2, 0.25) is 5.91 Å². The summed E-state index contributed by atoms with van der Waals surface area (Å²) < 4.78 is 0. The van der Waals surface area contributed by atoms with Crippen molar-refractivity contribution >= 4 is 5.91 Å². The summed E-state index contributed by atoms with van der Waals surface area (Å²) in [5, 5.41) is 0. The van der Waals surface area contributed by atoms with Crippen LogP contribution in [-0.2, 0) is 4.79 Å². The standard InChI is InChI=1S/C15H16N2O/c16-14(10-15(17)18)13-8-6-12(7-9-13)11-4-2-1-3-5-11/h1-9,14H,10,16H2,(H2,17,18). The first-order chi connectivity index (χ1) is 8.66. The molecule has 3 nitrogen and oxygen atoms in total. The third-order valence-corrected chi connectivity index (χ3v) is 2.87. The summed E-state index contributed by atoms with van der Waals surface area (Å²) in [6, 6.07) is 17.7. The number of nitrogens with two attached hydrogens (primary N) is 2. The third kappa shape index (κ3) is 2.96. The first kappa shape index (κ1) is 12.3. The zero-order valence-electron chi connectivity index (χ0n) is 10.0. The number of benzene rings is 2. The Hall–Kier alpha value is -2.13. The first-order valence-corrected chi connectivity index (χ1v) is 5.86. The van der Waals surface area contributed by atoms with Crippen molar-refractivity contribution < 1.29 is 4.79 Å². The van der Waals surface area contributed by atoms with Crippen molar-refractivity contribution in [2.75, 3.05) is 0 Å². The largest absolute Gasteiger partial charge is 0.370 e. The highest BCUT2D eigenvalue weighted by molar-refractivity contribution is 5.74. The minimum absolute atomic E-state index is 0.171. The predicted molar refractivity (Wildman–Crippen MR) is 72.6 cm³/mol. The van der Waals surface area contributed by atoms with Crippen LogP contribution in [0.25, 0.3) is 11.1 Å². The summed E-state index contributed by atoms with van der Waals surface area (Å²) in [7, 11) is 0. The normalized spacial score (nSPS) is 12.1. The molecule has 92 valence electrons. The van der Waals surface area contributed by atoms with E-state index in [-0.39, 0.29) is 18.4 Å². The number of carbonyl (C=O) groups excluding carboxylic acids is 1. The van der Waals surface area contributed by atoms with E-state index in [0.29, 0.717) is 0 Å². The van der Waals surface area contributed by atoms with Gasteiger partial charge in [-0.15, -0.1) is 0 Å². The van der Waals surface area contributed by atoms with Gasteiger partial charge in [-0.25, -0.2) is 0 Å². The molecule has 0 saturated heterocycles. The number of carbonyl (C=O) groups is 1. The Balaban J connectivity index is 2.18. The van der Waals surface area contributed by atoms with E-state index >= 15 is 0 Å². The fraction of sp³-hybridized carbons (Fsp3) is 0.133. The van der Waals surface area contributed by atoms with E-state index in [0.717, 1.165) is 16.7 Å². The minimum atomic E-state index is -0.380. The highest BCUT2D eigenvalue weighted by Crippen LogP contribution is 2.21. The van der Waals surface area contributed by atoms with Crippen molar-refractivity contribution in [2.24, 2.45) is 11.5 Å². The van der Waals surface area contributed by atoms with Crippen LogP contribution in [0.3, 0.4) is 0 Å². The Morgan fingerprint density at radius 1 is 0.944 bits per heavy atom. The molecule has 2 rings (SSSR count). The third-order valence-electron chi connectivity index (χ3n) is 2.87. The van der Waals surface area contributed by atoms with Crippen molar-refractivity contribution in [3.8, 4) is 11.1 Å². The number of primary amides is 1. The maximum absolute atomic E-state index is 10.8. The van der Waals surface area contributed by atoms with Gasteiger partial charge < -0.3 is 11.5 Å². The summed E-state index contributed by atoms with van der Waals surface area (Å²) in [5.74, 6) is -0.380. The van der Waals surface area contributed by atoms with Gasteiger partial charge in [-0.1, -0.05) is 54.6 Å². The van der Waals surface area contributed by atoms with Crippen molar-refractivity contribution in [1.82, 2.24) is 0 Å². The van der Waals surface area contributed by atoms with Crippen LogP contribution in [-0.4, -0.2) is 5.91 Å². The van der Waals surface area contributed by atoms with Crippen LogP contribution in [0.2, 0.25) is 0 Å². The molecule has 18 heavy (non-hydrogen) atoms. The quantitative estimate of drug-likeness (QED) is 0.860. The number of hydrogen-bond donors (Lipinski definition) is 2. The van der Waals surface area contributed by atoms with E-state index in [1.165, 1.54) is 0 Å². The molecule has 0 fully saturated rings. The van der Waals surface area contributed by atoms with Crippen LogP contribution < -0.4 is 11.5 Å². The summed E-state index contributed by atoms with van der Waals surface area (Å²) in [4.78, 5) is 10.8. The lowest BCUT2D eigenvalue weighted by Gasteiger charge is -2.10. The first-order valence-electron chi connectivity index (χ1n) is 5.86. The minimum Gasteiger partial charge on any atom is -0.370 e. The van der Waals surface area contributed by atoms with Crippen LogP contribution in [0.5, 0.6) is 0 Å². The fourth-order valence-corrected chi connectivity index (χ4v) is 1.89. The van der Waals surface area contributed by atoms with Gasteiger partial charge in [0.25, 0.3) is 0 Å². The fourth-order valence-electron chi connectivity index (χ4n) is 1.89. The van der Waals surface area contributed by atoms with Gasteiger partial charge in [0.1, 0.15) is 0 Å². The molecule has 1 unspecified atom stereocenters. The molecule has 0 saturated carbocycles. The van der Waals surface area contributed by atoms with Gasteiger partial charge >= 0.3 is 0 Å². The molecule has 0 radical (unpaired) electrons. The van der Waals surface area contributed by atoms with E-state index < -0.39 is 0 Å². The summed E-state index contributed by atoms with van der Waals surface area (Å²) >= 11 is 0. The highest BCUT2D eigenvalue weighted by atomic mass is 16.1. The lowest BCUT2D eigenvalue weighted by Crippen LogP contribution is -2.20. The molecule has 0 aliphatic heterocycles. The van der Waals surface area contributed by atoms with E-state index in [1.54, 1.807) is 0 Å². The average Bonchev–Trinajstić information content (AvgIpc) is 2.39. The van der Waals surface area contributed by atoms with Crippen molar-refractivity contribution in [3.63, 3.8) is 0 Å². The second-order valence-electron chi connectivity index (χ2n) is 4.26. The monoisotopic (exact) mass is 240 g/mol. The molecule has 2 aromatic carbocycles. The molecule has 1 amide bonds. The molecule has 0 spiro atoms. The second-order valence-corrected chi connectivity index (χ2v) is 4.26. The highest BCUT2D eigenvalue weighted by Gasteiger charge is 2.09. The number of rotatable bonds is 4. The Morgan fingerprint density at radius 2 is 1.50 bits per heavy atom. The summed E-state index contributed by atoms with van der Waals surface area (Å²) in [5.41, 5.74) is 14.2. The Labute approximate surface area is 106 Å². The molecule has 3 heteroatoms. The smallest absolute Gasteiger partial charge is 0.219 e. The van der Waals surface area contributed by atoms with Crippen LogP contribution in [0, 0.1) is 0 Å². The van der Waals surface area contributed by atoms with Crippen molar-refractivity contribution in [3.05, 3.63) is 60.2 Å². The van der Waals surface area contributed by atoms with E-state index in [4.69, 9.17) is 11.5 Å². The van der Waals surface area contributed by atoms with Gasteiger partial charge in [-0.3, -0.25) is 4.79 Å². The van der Waals surface area contributed by atoms with E-state index in [9.17, 15) is 4.79 Å². The topological polar surface area (TPSA) is 69.1 Å². The Bertz CT molecular complexity index is 520. The SMILES string of the molecule is NC(=O)CC(N)c1ccc(-c2ccccc2)cc1. The molecule has 0 heterocycles. The summed E-state index contributed by atoms with van der Waals surface area (Å²) in [6.07, 6.45) is 0.171. The zero-order chi connectivity index (χ0) is 13.0. The lowest BCUT2D eigenvalue weighted by molar-refractivity contribution is -0.118. The number of hydrogen-bond acceptors (Lipinski definition) is 2. The molecule has 0 aliphatic rings. The lowest BCUT2D eigenvalue weighted by atomic mass is 9.99. The predicted octanol–water partition coefficient (Wildman–Crippen LogP) is 2.23. The van der Waals surface area contributed by atoms with Crippen molar-refractivity contribution in [2.45, 2.75) is 12.5 Å². The van der Waals surface area contributed by atoms with Crippen LogP contribution in [0.1, 0.15) is 18.0 Å². The Kier molecular flexibility index (Phi) is 3.75. The molecule has 0 bridgehead atoms. The molecule has 2 aromatic rings.